The third kappa shape index (κ3) is 3.72. The van der Waals surface area contributed by atoms with Gasteiger partial charge in [0, 0.05) is 31.2 Å². The van der Waals surface area contributed by atoms with Crippen molar-refractivity contribution in [2.45, 2.75) is 18.4 Å². The highest BCUT2D eigenvalue weighted by Crippen LogP contribution is 2.25. The molecule has 0 spiro atoms. The minimum atomic E-state index is -3.69. The minimum absolute atomic E-state index is 0.116. The van der Waals surface area contributed by atoms with Gasteiger partial charge in [-0.2, -0.15) is 5.10 Å². The van der Waals surface area contributed by atoms with Crippen LogP contribution < -0.4 is 9.46 Å². The van der Waals surface area contributed by atoms with Gasteiger partial charge in [-0.3, -0.25) is 14.4 Å². The molecule has 3 rings (SSSR count). The summed E-state index contributed by atoms with van der Waals surface area (Å²) < 4.78 is 34.5. The largest absolute Gasteiger partial charge is 0.457 e. The van der Waals surface area contributed by atoms with E-state index in [1.165, 1.54) is 12.4 Å². The lowest BCUT2D eigenvalue weighted by molar-refractivity contribution is 0.482. The van der Waals surface area contributed by atoms with Crippen molar-refractivity contribution in [3.05, 3.63) is 61.2 Å². The Hall–Kier alpha value is -2.87. The van der Waals surface area contributed by atoms with Gasteiger partial charge in [0.1, 0.15) is 16.4 Å². The van der Waals surface area contributed by atoms with Gasteiger partial charge in [-0.1, -0.05) is 6.07 Å². The molecule has 0 bridgehead atoms. The Labute approximate surface area is 140 Å². The first-order valence-electron chi connectivity index (χ1n) is 7.30. The van der Waals surface area contributed by atoms with E-state index in [2.05, 4.69) is 14.8 Å². The number of hydrogen-bond acceptors (Lipinski definition) is 5. The average Bonchev–Trinajstić information content (AvgIpc) is 3.06. The molecule has 0 saturated heterocycles. The van der Waals surface area contributed by atoms with E-state index in [-0.39, 0.29) is 4.90 Å². The van der Waals surface area contributed by atoms with Crippen LogP contribution in [0.3, 0.4) is 0 Å². The van der Waals surface area contributed by atoms with Gasteiger partial charge in [0.25, 0.3) is 10.0 Å². The quantitative estimate of drug-likeness (QED) is 0.743. The molecular formula is C16H16N4O3S. The average molecular weight is 344 g/mol. The summed E-state index contributed by atoms with van der Waals surface area (Å²) in [5, 5.41) is 3.98. The highest BCUT2D eigenvalue weighted by Gasteiger charge is 2.16. The number of aromatic nitrogens is 3. The van der Waals surface area contributed by atoms with E-state index in [9.17, 15) is 8.42 Å². The van der Waals surface area contributed by atoms with Gasteiger partial charge in [0.15, 0.2) is 0 Å². The maximum absolute atomic E-state index is 12.4. The Morgan fingerprint density at radius 1 is 1.17 bits per heavy atom. The Balaban J connectivity index is 1.79. The van der Waals surface area contributed by atoms with Crippen molar-refractivity contribution in [1.29, 1.82) is 0 Å². The first kappa shape index (κ1) is 16.0. The topological polar surface area (TPSA) is 86.1 Å². The molecule has 0 amide bonds. The fourth-order valence-corrected chi connectivity index (χ4v) is 3.04. The molecule has 2 aromatic heterocycles. The van der Waals surface area contributed by atoms with Crippen LogP contribution in [0, 0.1) is 0 Å². The SMILES string of the molecule is CCn1cc(S(=O)(=O)Nc2cccc(Oc3ccncc3)c2)cn1. The molecule has 24 heavy (non-hydrogen) atoms. The number of sulfonamides is 1. The summed E-state index contributed by atoms with van der Waals surface area (Å²) in [4.78, 5) is 4.03. The predicted octanol–water partition coefficient (Wildman–Crippen LogP) is 2.89. The van der Waals surface area contributed by atoms with E-state index in [1.807, 2.05) is 6.92 Å². The molecule has 0 radical (unpaired) electrons. The lowest BCUT2D eigenvalue weighted by Gasteiger charge is -2.09. The zero-order valence-corrected chi connectivity index (χ0v) is 13.8. The Bertz CT molecular complexity index is 923. The zero-order chi connectivity index (χ0) is 17.0. The number of rotatable bonds is 6. The van der Waals surface area contributed by atoms with E-state index < -0.39 is 10.0 Å². The number of nitrogens with zero attached hydrogens (tertiary/aromatic N) is 3. The second-order valence-electron chi connectivity index (χ2n) is 4.95. The highest BCUT2D eigenvalue weighted by atomic mass is 32.2. The molecule has 0 saturated carbocycles. The summed E-state index contributed by atoms with van der Waals surface area (Å²) in [6, 6.07) is 10.2. The van der Waals surface area contributed by atoms with Crippen molar-refractivity contribution in [1.82, 2.24) is 14.8 Å². The van der Waals surface area contributed by atoms with E-state index in [0.717, 1.165) is 0 Å². The zero-order valence-electron chi connectivity index (χ0n) is 13.0. The first-order chi connectivity index (χ1) is 11.6. The molecule has 0 fully saturated rings. The number of hydrogen-bond donors (Lipinski definition) is 1. The summed E-state index contributed by atoms with van der Waals surface area (Å²) in [5.74, 6) is 1.14. The third-order valence-corrected chi connectivity index (χ3v) is 4.55. The lowest BCUT2D eigenvalue weighted by atomic mass is 10.3. The Morgan fingerprint density at radius 3 is 2.67 bits per heavy atom. The second-order valence-corrected chi connectivity index (χ2v) is 6.63. The maximum Gasteiger partial charge on any atom is 0.265 e. The van der Waals surface area contributed by atoms with Crippen molar-refractivity contribution in [2.75, 3.05) is 4.72 Å². The fourth-order valence-electron chi connectivity index (χ4n) is 2.04. The second kappa shape index (κ2) is 6.71. The van der Waals surface area contributed by atoms with Crippen LogP contribution in [-0.4, -0.2) is 23.2 Å². The summed E-state index contributed by atoms with van der Waals surface area (Å²) in [6.07, 6.45) is 6.05. The van der Waals surface area contributed by atoms with Crippen LogP contribution in [-0.2, 0) is 16.6 Å². The number of aryl methyl sites for hydroxylation is 1. The highest BCUT2D eigenvalue weighted by molar-refractivity contribution is 7.92. The molecular weight excluding hydrogens is 328 g/mol. The van der Waals surface area contributed by atoms with Crippen molar-refractivity contribution < 1.29 is 13.2 Å². The van der Waals surface area contributed by atoms with Crippen LogP contribution in [0.25, 0.3) is 0 Å². The summed E-state index contributed by atoms with van der Waals surface area (Å²) in [6.45, 7) is 2.49. The number of anilines is 1. The predicted molar refractivity (Wildman–Crippen MR) is 89.5 cm³/mol. The normalized spacial score (nSPS) is 11.2. The number of nitrogens with one attached hydrogen (secondary N) is 1. The van der Waals surface area contributed by atoms with Gasteiger partial charge < -0.3 is 4.74 Å². The van der Waals surface area contributed by atoms with Crippen molar-refractivity contribution >= 4 is 15.7 Å². The van der Waals surface area contributed by atoms with Crippen LogP contribution in [0.15, 0.2) is 66.1 Å². The molecule has 0 aliphatic heterocycles. The van der Waals surface area contributed by atoms with E-state index in [0.29, 0.717) is 23.7 Å². The van der Waals surface area contributed by atoms with Gasteiger partial charge in [0.2, 0.25) is 0 Å². The van der Waals surface area contributed by atoms with Crippen molar-refractivity contribution in [2.24, 2.45) is 0 Å². The van der Waals surface area contributed by atoms with Crippen molar-refractivity contribution in [3.8, 4) is 11.5 Å². The van der Waals surface area contributed by atoms with Crippen LogP contribution >= 0.6 is 0 Å². The third-order valence-electron chi connectivity index (χ3n) is 3.22. The molecule has 2 heterocycles. The molecule has 0 aliphatic rings. The van der Waals surface area contributed by atoms with Gasteiger partial charge in [0.05, 0.1) is 11.9 Å². The Kier molecular flexibility index (Phi) is 4.48. The molecule has 124 valence electrons. The van der Waals surface area contributed by atoms with E-state index in [1.54, 1.807) is 53.5 Å². The fraction of sp³-hybridized carbons (Fsp3) is 0.125. The van der Waals surface area contributed by atoms with Gasteiger partial charge in [-0.25, -0.2) is 8.42 Å². The first-order valence-corrected chi connectivity index (χ1v) is 8.78. The standard InChI is InChI=1S/C16H16N4O3S/c1-2-20-12-16(11-18-20)24(21,22)19-13-4-3-5-15(10-13)23-14-6-8-17-9-7-14/h3-12,19H,2H2,1H3. The monoisotopic (exact) mass is 344 g/mol. The summed E-state index contributed by atoms with van der Waals surface area (Å²) in [5.41, 5.74) is 0.408. The summed E-state index contributed by atoms with van der Waals surface area (Å²) >= 11 is 0. The molecule has 3 aromatic rings. The summed E-state index contributed by atoms with van der Waals surface area (Å²) in [7, 11) is -3.69. The lowest BCUT2D eigenvalue weighted by Crippen LogP contribution is -2.12. The number of pyridine rings is 1. The molecule has 1 N–H and O–H groups in total. The number of benzene rings is 1. The van der Waals surface area contributed by atoms with Gasteiger partial charge >= 0.3 is 0 Å². The number of ether oxygens (including phenoxy) is 1. The minimum Gasteiger partial charge on any atom is -0.457 e. The van der Waals surface area contributed by atoms with Crippen LogP contribution in [0.2, 0.25) is 0 Å². The van der Waals surface area contributed by atoms with Crippen LogP contribution in [0.4, 0.5) is 5.69 Å². The van der Waals surface area contributed by atoms with E-state index >= 15 is 0 Å². The van der Waals surface area contributed by atoms with Gasteiger partial charge in [-0.15, -0.1) is 0 Å². The van der Waals surface area contributed by atoms with Crippen LogP contribution in [0.5, 0.6) is 11.5 Å². The van der Waals surface area contributed by atoms with Gasteiger partial charge in [-0.05, 0) is 31.2 Å². The van der Waals surface area contributed by atoms with Crippen LogP contribution in [0.1, 0.15) is 6.92 Å². The maximum atomic E-state index is 12.4. The molecule has 0 atom stereocenters. The van der Waals surface area contributed by atoms with Crippen molar-refractivity contribution in [3.63, 3.8) is 0 Å². The molecule has 0 aliphatic carbocycles. The molecule has 8 heteroatoms. The Morgan fingerprint density at radius 2 is 1.96 bits per heavy atom. The van der Waals surface area contributed by atoms with E-state index in [4.69, 9.17) is 4.74 Å². The molecule has 1 aromatic carbocycles. The smallest absolute Gasteiger partial charge is 0.265 e. The molecule has 7 nitrogen and oxygen atoms in total. The molecule has 0 unspecified atom stereocenters.